The summed E-state index contributed by atoms with van der Waals surface area (Å²) < 4.78 is 26.3. The molecule has 0 radical (unpaired) electrons. The van der Waals surface area contributed by atoms with E-state index in [4.69, 9.17) is 5.11 Å². The van der Waals surface area contributed by atoms with Crippen LogP contribution in [0.15, 0.2) is 0 Å². The number of amides is 2. The monoisotopic (exact) mass is 882 g/mol. The average molecular weight is 883 g/mol. The van der Waals surface area contributed by atoms with Crippen molar-refractivity contribution in [2.45, 2.75) is 135 Å². The first-order chi connectivity index (χ1) is 25.4. The molecule has 0 aromatic carbocycles. The fourth-order valence-corrected chi connectivity index (χ4v) is 5.59. The fourth-order valence-electron chi connectivity index (χ4n) is 4.52. The zero-order valence-corrected chi connectivity index (χ0v) is 39.0. The van der Waals surface area contributed by atoms with Gasteiger partial charge in [-0.2, -0.15) is 5.21 Å². The number of H-pyrrole nitrogens is 1. The van der Waals surface area contributed by atoms with E-state index in [-0.39, 0.29) is 30.9 Å². The molecule has 0 fully saturated rings. The van der Waals surface area contributed by atoms with Crippen LogP contribution in [0.25, 0.3) is 0 Å². The van der Waals surface area contributed by atoms with Gasteiger partial charge in [-0.05, 0) is 69.6 Å². The normalized spacial score (nSPS) is 11.2. The Labute approximate surface area is 345 Å². The topological polar surface area (TPSA) is 184 Å². The van der Waals surface area contributed by atoms with Crippen LogP contribution >= 0.6 is 64.8 Å². The Hall–Kier alpha value is -0.470. The van der Waals surface area contributed by atoms with Gasteiger partial charge >= 0.3 is 5.97 Å². The second-order valence-electron chi connectivity index (χ2n) is 12.0. The molecule has 1 heterocycles. The van der Waals surface area contributed by atoms with Crippen LogP contribution < -0.4 is 10.0 Å². The van der Waals surface area contributed by atoms with Gasteiger partial charge in [0.15, 0.2) is 5.82 Å². The number of carbonyl (C=O) groups excluding carboxylic acids is 2. The molecular formula is C34H70N6O6S7. The predicted molar refractivity (Wildman–Crippen MR) is 238 cm³/mol. The van der Waals surface area contributed by atoms with Gasteiger partial charge in [0.2, 0.25) is 21.8 Å². The van der Waals surface area contributed by atoms with Gasteiger partial charge in [-0.1, -0.05) is 154 Å². The molecule has 1 atom stereocenters. The number of tetrazole rings is 1. The Morgan fingerprint density at radius 3 is 1.55 bits per heavy atom. The van der Waals surface area contributed by atoms with Crippen LogP contribution in [0.2, 0.25) is 0 Å². The quantitative estimate of drug-likeness (QED) is 0.0423. The lowest BCUT2D eigenvalue weighted by atomic mass is 10.0. The van der Waals surface area contributed by atoms with Crippen LogP contribution in [0.3, 0.4) is 0 Å². The summed E-state index contributed by atoms with van der Waals surface area (Å²) in [6.45, 7) is 2.08. The van der Waals surface area contributed by atoms with Gasteiger partial charge in [0.1, 0.15) is 0 Å². The minimum Gasteiger partial charge on any atom is -0.481 e. The Morgan fingerprint density at radius 1 is 0.660 bits per heavy atom. The Morgan fingerprint density at radius 2 is 1.11 bits per heavy atom. The maximum atomic E-state index is 12.1. The minimum absolute atomic E-state index is 0.0597. The highest BCUT2D eigenvalue weighted by Crippen LogP contribution is 2.14. The van der Waals surface area contributed by atoms with Crippen LogP contribution in [-0.2, 0) is 30.8 Å². The summed E-state index contributed by atoms with van der Waals surface area (Å²) in [6.07, 6.45) is 30.4. The molecule has 0 bridgehead atoms. The smallest absolute Gasteiger partial charge is 0.306 e. The van der Waals surface area contributed by atoms with Crippen molar-refractivity contribution in [3.63, 3.8) is 0 Å². The molecule has 19 heteroatoms. The molecule has 1 aromatic rings. The first kappa shape index (κ1) is 56.9. The number of sulfonamides is 1. The third kappa shape index (κ3) is 47.6. The van der Waals surface area contributed by atoms with Gasteiger partial charge in [-0.25, -0.2) is 8.42 Å². The van der Waals surface area contributed by atoms with E-state index in [0.29, 0.717) is 32.2 Å². The van der Waals surface area contributed by atoms with Crippen molar-refractivity contribution < 1.29 is 27.9 Å². The molecular weight excluding hydrogens is 813 g/mol. The molecule has 12 nitrogen and oxygen atoms in total. The van der Waals surface area contributed by atoms with Crippen LogP contribution in [-0.4, -0.2) is 102 Å². The molecule has 0 aliphatic heterocycles. The van der Waals surface area contributed by atoms with Crippen LogP contribution in [0.1, 0.15) is 135 Å². The Bertz CT molecular complexity index is 1050. The summed E-state index contributed by atoms with van der Waals surface area (Å²) in [5.41, 5.74) is 0. The summed E-state index contributed by atoms with van der Waals surface area (Å²) in [6, 6.07) is 0. The van der Waals surface area contributed by atoms with Gasteiger partial charge in [0, 0.05) is 25.8 Å². The molecule has 1 aromatic heterocycles. The van der Waals surface area contributed by atoms with Crippen molar-refractivity contribution in [3.05, 3.63) is 5.82 Å². The molecule has 53 heavy (non-hydrogen) atoms. The van der Waals surface area contributed by atoms with Crippen LogP contribution in [0.4, 0.5) is 0 Å². The van der Waals surface area contributed by atoms with E-state index < -0.39 is 27.8 Å². The van der Waals surface area contributed by atoms with E-state index in [2.05, 4.69) is 68.2 Å². The number of carboxylic acid groups (broad SMARTS) is 1. The third-order valence-corrected chi connectivity index (χ3v) is 13.0. The standard InChI is InChI=1S/C28H52N6O6S.3C2H6S2/c1-24(28(37)38)18-15-16-22-29-26(35)21-17-23-41(39,40)32-27(36)20-14-12-10-8-6-4-2-3-5-7-9-11-13-19-25-30-33-34-31-25;3*1-3-4-2/h24H,2-23H2,1H3,(H,29,35)(H,32,36)(H,37,38)(H,30,31,33,34);3*1-2H3/t24-;;;/m0.../s1. The maximum absolute atomic E-state index is 12.1. The number of aromatic nitrogens is 4. The van der Waals surface area contributed by atoms with Crippen LogP contribution in [0, 0.1) is 5.92 Å². The van der Waals surface area contributed by atoms with Crippen molar-refractivity contribution in [1.29, 1.82) is 0 Å². The lowest BCUT2D eigenvalue weighted by molar-refractivity contribution is -0.141. The number of aliphatic carboxylic acids is 1. The van der Waals surface area contributed by atoms with Crippen molar-refractivity contribution in [3.8, 4) is 0 Å². The predicted octanol–water partition coefficient (Wildman–Crippen LogP) is 9.32. The number of nitrogens with zero attached hydrogens (tertiary/aromatic N) is 3. The molecule has 0 aliphatic carbocycles. The number of aromatic amines is 1. The number of aryl methyl sites for hydroxylation is 1. The molecule has 0 spiro atoms. The van der Waals surface area contributed by atoms with E-state index in [9.17, 15) is 22.8 Å². The molecule has 1 rings (SSSR count). The maximum Gasteiger partial charge on any atom is 0.306 e. The SMILES string of the molecule is CSSC.CSSC.CSSC.C[C@@H](CCCCNC(=O)CCCS(=O)(=O)NC(=O)CCCCCCCCCCCCCCCc1nn[nH]n1)C(=O)O. The van der Waals surface area contributed by atoms with Gasteiger partial charge in [0.05, 0.1) is 11.7 Å². The van der Waals surface area contributed by atoms with E-state index in [1.165, 1.54) is 51.4 Å². The summed E-state index contributed by atoms with van der Waals surface area (Å²) in [4.78, 5) is 34.6. The summed E-state index contributed by atoms with van der Waals surface area (Å²) in [5, 5.41) is 25.5. The second-order valence-corrected chi connectivity index (χ2v) is 21.8. The molecule has 0 aliphatic rings. The molecule has 0 saturated heterocycles. The minimum atomic E-state index is -3.75. The number of hydrogen-bond acceptors (Lipinski definition) is 14. The highest BCUT2D eigenvalue weighted by Gasteiger charge is 2.15. The van der Waals surface area contributed by atoms with Gasteiger partial charge < -0.3 is 10.4 Å². The molecule has 0 saturated carbocycles. The van der Waals surface area contributed by atoms with E-state index >= 15 is 0 Å². The average Bonchev–Trinajstić information content (AvgIpc) is 3.66. The fraction of sp³-hybridized carbons (Fsp3) is 0.882. The number of carbonyl (C=O) groups is 3. The Balaban J connectivity index is -0.00000180. The lowest BCUT2D eigenvalue weighted by Gasteiger charge is -2.08. The highest BCUT2D eigenvalue weighted by molar-refractivity contribution is 8.76. The zero-order valence-electron chi connectivity index (χ0n) is 33.3. The zero-order chi connectivity index (χ0) is 40.4. The van der Waals surface area contributed by atoms with E-state index in [1.54, 1.807) is 71.7 Å². The second kappa shape index (κ2) is 44.2. The number of nitrogens with one attached hydrogen (secondary N) is 3. The third-order valence-electron chi connectivity index (χ3n) is 7.59. The van der Waals surface area contributed by atoms with E-state index in [0.717, 1.165) is 37.9 Å². The number of hydrogen-bond donors (Lipinski definition) is 4. The summed E-state index contributed by atoms with van der Waals surface area (Å²) >= 11 is 0. The van der Waals surface area contributed by atoms with Crippen LogP contribution in [0.5, 0.6) is 0 Å². The first-order valence-corrected chi connectivity index (χ1v) is 28.9. The molecule has 2 amide bonds. The van der Waals surface area contributed by atoms with Crippen molar-refractivity contribution in [1.82, 2.24) is 30.7 Å². The summed E-state index contributed by atoms with van der Waals surface area (Å²) in [7, 11) is 6.89. The van der Waals surface area contributed by atoms with E-state index in [1.807, 2.05) is 0 Å². The number of unbranched alkanes of at least 4 members (excludes halogenated alkanes) is 13. The van der Waals surface area contributed by atoms with Crippen molar-refractivity contribution >= 4 is 92.6 Å². The largest absolute Gasteiger partial charge is 0.481 e. The van der Waals surface area contributed by atoms with Crippen molar-refractivity contribution in [2.75, 3.05) is 49.8 Å². The highest BCUT2D eigenvalue weighted by atomic mass is 33.1. The molecule has 0 unspecified atom stereocenters. The van der Waals surface area contributed by atoms with Gasteiger partial charge in [-0.15, -0.1) is 10.2 Å². The summed E-state index contributed by atoms with van der Waals surface area (Å²) in [5.74, 6) is -1.44. The number of carboxylic acids is 1. The Kier molecular flexibility index (Phi) is 47.5. The molecule has 4 N–H and O–H groups in total. The number of rotatable bonds is 30. The van der Waals surface area contributed by atoms with Gasteiger partial charge in [0.25, 0.3) is 0 Å². The van der Waals surface area contributed by atoms with Crippen molar-refractivity contribution in [2.24, 2.45) is 5.92 Å². The first-order valence-electron chi connectivity index (χ1n) is 18.4. The lowest BCUT2D eigenvalue weighted by Crippen LogP contribution is -2.33. The van der Waals surface area contributed by atoms with Gasteiger partial charge in [-0.3, -0.25) is 19.1 Å². The molecule has 314 valence electrons.